The van der Waals surface area contributed by atoms with E-state index in [2.05, 4.69) is 52.8 Å². The van der Waals surface area contributed by atoms with Crippen LogP contribution in [0.2, 0.25) is 0 Å². The highest BCUT2D eigenvalue weighted by molar-refractivity contribution is 5.90. The summed E-state index contributed by atoms with van der Waals surface area (Å²) in [6.45, 7) is 12.5. The molecule has 0 rings (SSSR count). The quantitative estimate of drug-likeness (QED) is 0.316. The van der Waals surface area contributed by atoms with Crippen LogP contribution < -0.4 is 0 Å². The fourth-order valence-electron chi connectivity index (χ4n) is 1.60. The molecule has 2 nitrogen and oxygen atoms in total. The van der Waals surface area contributed by atoms with Gasteiger partial charge in [-0.1, -0.05) is 44.5 Å². The second-order valence-electron chi connectivity index (χ2n) is 5.01. The van der Waals surface area contributed by atoms with Gasteiger partial charge in [-0.05, 0) is 26.2 Å². The molecule has 0 aliphatic rings. The van der Waals surface area contributed by atoms with Crippen molar-refractivity contribution >= 4 is 5.71 Å². The van der Waals surface area contributed by atoms with E-state index in [-0.39, 0.29) is 5.41 Å². The van der Waals surface area contributed by atoms with Crippen LogP contribution in [0.3, 0.4) is 0 Å². The summed E-state index contributed by atoms with van der Waals surface area (Å²) in [5.41, 5.74) is 2.12. The largest absolute Gasteiger partial charge is 0.411 e. The summed E-state index contributed by atoms with van der Waals surface area (Å²) in [6, 6.07) is 0. The molecule has 1 N–H and O–H groups in total. The first-order chi connectivity index (χ1) is 6.31. The minimum atomic E-state index is -0.0554. The Bertz CT molecular complexity index is 233. The van der Waals surface area contributed by atoms with E-state index in [4.69, 9.17) is 5.21 Å². The van der Waals surface area contributed by atoms with Crippen molar-refractivity contribution in [3.8, 4) is 0 Å². The average Bonchev–Trinajstić information content (AvgIpc) is 2.01. The maximum Gasteiger partial charge on any atom is 0.0655 e. The minimum Gasteiger partial charge on any atom is -0.411 e. The normalized spacial score (nSPS) is 13.2. The van der Waals surface area contributed by atoms with Crippen molar-refractivity contribution in [1.82, 2.24) is 0 Å². The molecule has 0 aromatic heterocycles. The molecule has 0 radical (unpaired) electrons. The molecule has 0 fully saturated rings. The van der Waals surface area contributed by atoms with Crippen molar-refractivity contribution < 1.29 is 5.21 Å². The molecule has 0 aromatic rings. The van der Waals surface area contributed by atoms with Gasteiger partial charge < -0.3 is 5.21 Å². The maximum atomic E-state index is 8.96. The topological polar surface area (TPSA) is 32.6 Å². The predicted octanol–water partition coefficient (Wildman–Crippen LogP) is 3.86. The Labute approximate surface area is 87.7 Å². The summed E-state index contributed by atoms with van der Waals surface area (Å²) in [5.74, 6) is 0.292. The van der Waals surface area contributed by atoms with Gasteiger partial charge in [-0.25, -0.2) is 0 Å². The molecule has 0 saturated heterocycles. The van der Waals surface area contributed by atoms with E-state index in [9.17, 15) is 0 Å². The highest BCUT2D eigenvalue weighted by Crippen LogP contribution is 2.27. The van der Waals surface area contributed by atoms with E-state index < -0.39 is 0 Å². The Balaban J connectivity index is 4.67. The van der Waals surface area contributed by atoms with Gasteiger partial charge >= 0.3 is 0 Å². The van der Waals surface area contributed by atoms with Gasteiger partial charge in [-0.2, -0.15) is 0 Å². The first kappa shape index (κ1) is 13.2. The van der Waals surface area contributed by atoms with Gasteiger partial charge in [-0.3, -0.25) is 0 Å². The molecule has 14 heavy (non-hydrogen) atoms. The van der Waals surface area contributed by atoms with E-state index in [1.165, 1.54) is 5.57 Å². The van der Waals surface area contributed by atoms with Crippen LogP contribution in [0.1, 0.15) is 48.0 Å². The molecule has 0 amide bonds. The molecular formula is C12H23NO. The molecule has 0 unspecified atom stereocenters. The van der Waals surface area contributed by atoms with Crippen molar-refractivity contribution in [2.75, 3.05) is 0 Å². The van der Waals surface area contributed by atoms with Crippen LogP contribution in [0.4, 0.5) is 0 Å². The van der Waals surface area contributed by atoms with Gasteiger partial charge in [0.25, 0.3) is 0 Å². The Morgan fingerprint density at radius 1 is 1.36 bits per heavy atom. The zero-order valence-electron chi connectivity index (χ0n) is 10.3. The van der Waals surface area contributed by atoms with Gasteiger partial charge in [0.05, 0.1) is 5.71 Å². The number of rotatable bonds is 4. The second kappa shape index (κ2) is 5.18. The number of hydrogen-bond donors (Lipinski definition) is 1. The minimum absolute atomic E-state index is 0.0554. The van der Waals surface area contributed by atoms with Crippen LogP contribution in [0.15, 0.2) is 16.8 Å². The summed E-state index contributed by atoms with van der Waals surface area (Å²) in [5, 5.41) is 12.4. The third-order valence-electron chi connectivity index (χ3n) is 2.37. The first-order valence-corrected chi connectivity index (χ1v) is 5.17. The van der Waals surface area contributed by atoms with Crippen LogP contribution in [-0.4, -0.2) is 10.9 Å². The van der Waals surface area contributed by atoms with Crippen molar-refractivity contribution in [3.05, 3.63) is 11.6 Å². The zero-order valence-corrected chi connectivity index (χ0v) is 10.3. The molecule has 0 atom stereocenters. The lowest BCUT2D eigenvalue weighted by molar-refractivity contribution is 0.303. The van der Waals surface area contributed by atoms with Crippen LogP contribution in [0.5, 0.6) is 0 Å². The van der Waals surface area contributed by atoms with E-state index in [0.29, 0.717) is 5.92 Å². The maximum absolute atomic E-state index is 8.96. The first-order valence-electron chi connectivity index (χ1n) is 5.17. The van der Waals surface area contributed by atoms with E-state index in [1.807, 2.05) is 0 Å². The molecule has 0 aromatic carbocycles. The molecule has 0 spiro atoms. The number of oxime groups is 1. The van der Waals surface area contributed by atoms with E-state index in [0.717, 1.165) is 12.1 Å². The SMILES string of the molecule is CC(C)=CCC(C)(C)C(=NO)C(C)C. The summed E-state index contributed by atoms with van der Waals surface area (Å²) < 4.78 is 0. The van der Waals surface area contributed by atoms with Crippen molar-refractivity contribution in [3.63, 3.8) is 0 Å². The van der Waals surface area contributed by atoms with Gasteiger partial charge in [0.2, 0.25) is 0 Å². The summed E-state index contributed by atoms with van der Waals surface area (Å²) in [4.78, 5) is 0. The van der Waals surface area contributed by atoms with Crippen LogP contribution >= 0.6 is 0 Å². The molecular weight excluding hydrogens is 174 g/mol. The van der Waals surface area contributed by atoms with Crippen LogP contribution in [0.25, 0.3) is 0 Å². The number of nitrogens with zero attached hydrogens (tertiary/aromatic N) is 1. The standard InChI is InChI=1S/C12H23NO/c1-9(2)7-8-12(5,6)11(13-14)10(3)4/h7,10,14H,8H2,1-6H3. The molecule has 0 bridgehead atoms. The van der Waals surface area contributed by atoms with Gasteiger partial charge in [0.1, 0.15) is 0 Å². The van der Waals surface area contributed by atoms with Crippen molar-refractivity contribution in [2.24, 2.45) is 16.5 Å². The Hall–Kier alpha value is -0.790. The fraction of sp³-hybridized carbons (Fsp3) is 0.750. The third kappa shape index (κ3) is 3.95. The van der Waals surface area contributed by atoms with Crippen molar-refractivity contribution in [1.29, 1.82) is 0 Å². The Morgan fingerprint density at radius 2 is 1.86 bits per heavy atom. The summed E-state index contributed by atoms with van der Waals surface area (Å²) >= 11 is 0. The smallest absolute Gasteiger partial charge is 0.0655 e. The molecule has 2 heteroatoms. The lowest BCUT2D eigenvalue weighted by Gasteiger charge is -2.26. The fourth-order valence-corrected chi connectivity index (χ4v) is 1.60. The highest BCUT2D eigenvalue weighted by atomic mass is 16.4. The summed E-state index contributed by atoms with van der Waals surface area (Å²) in [6.07, 6.45) is 3.11. The van der Waals surface area contributed by atoms with E-state index in [1.54, 1.807) is 0 Å². The Kier molecular flexibility index (Phi) is 4.89. The summed E-state index contributed by atoms with van der Waals surface area (Å²) in [7, 11) is 0. The molecule has 0 heterocycles. The number of allylic oxidation sites excluding steroid dienone is 2. The van der Waals surface area contributed by atoms with Crippen LogP contribution in [0, 0.1) is 11.3 Å². The van der Waals surface area contributed by atoms with Crippen LogP contribution in [-0.2, 0) is 0 Å². The lowest BCUT2D eigenvalue weighted by atomic mass is 9.78. The number of hydrogen-bond acceptors (Lipinski definition) is 2. The molecule has 0 saturated carbocycles. The van der Waals surface area contributed by atoms with Gasteiger partial charge in [-0.15, -0.1) is 0 Å². The molecule has 0 aliphatic heterocycles. The lowest BCUT2D eigenvalue weighted by Crippen LogP contribution is -2.28. The second-order valence-corrected chi connectivity index (χ2v) is 5.01. The van der Waals surface area contributed by atoms with Crippen molar-refractivity contribution in [2.45, 2.75) is 48.0 Å². The molecule has 82 valence electrons. The highest BCUT2D eigenvalue weighted by Gasteiger charge is 2.26. The average molecular weight is 197 g/mol. The van der Waals surface area contributed by atoms with Gasteiger partial charge in [0, 0.05) is 5.41 Å². The Morgan fingerprint density at radius 3 is 2.14 bits per heavy atom. The third-order valence-corrected chi connectivity index (χ3v) is 2.37. The predicted molar refractivity (Wildman–Crippen MR) is 61.9 cm³/mol. The van der Waals surface area contributed by atoms with E-state index >= 15 is 0 Å². The van der Waals surface area contributed by atoms with Gasteiger partial charge in [0.15, 0.2) is 0 Å². The zero-order chi connectivity index (χ0) is 11.4. The monoisotopic (exact) mass is 197 g/mol. The molecule has 0 aliphatic carbocycles.